The van der Waals surface area contributed by atoms with Gasteiger partial charge in [0.25, 0.3) is 15.8 Å². The molecule has 258 valence electrons. The van der Waals surface area contributed by atoms with Crippen LogP contribution in [0.25, 0.3) is 10.8 Å². The molecule has 20 nitrogen and oxygen atoms in total. The molecule has 0 radical (unpaired) electrons. The number of carbonyl (C=O) groups is 1. The highest BCUT2D eigenvalue weighted by atomic mass is 32.2. The van der Waals surface area contributed by atoms with Crippen molar-refractivity contribution in [3.63, 3.8) is 0 Å². The summed E-state index contributed by atoms with van der Waals surface area (Å²) in [5.41, 5.74) is 4.35. The third kappa shape index (κ3) is 8.59. The average molecular weight is 721 g/mol. The van der Waals surface area contributed by atoms with Gasteiger partial charge in [0.15, 0.2) is 5.75 Å². The largest absolute Gasteiger partial charge is 0.505 e. The predicted octanol–water partition coefficient (Wildman–Crippen LogP) is 5.28. The van der Waals surface area contributed by atoms with Crippen LogP contribution in [-0.2, 0) is 19.5 Å². The number of anilines is 1. The smallest absolute Gasteiger partial charge is 0.342 e. The molecule has 0 saturated heterocycles. The molecule has 4 aromatic carbocycles. The van der Waals surface area contributed by atoms with Crippen LogP contribution in [0.2, 0.25) is 0 Å². The number of nitro benzene ring substituents is 1. The van der Waals surface area contributed by atoms with E-state index in [-0.39, 0.29) is 44.2 Å². The molecule has 22 heteroatoms. The number of azo groups is 2. The molecule has 0 fully saturated rings. The van der Waals surface area contributed by atoms with Crippen LogP contribution in [0, 0.1) is 17.0 Å². The Labute approximate surface area is 278 Å². The Morgan fingerprint density at radius 2 is 1.80 bits per heavy atom. The zero-order valence-corrected chi connectivity index (χ0v) is 26.3. The number of hydrogen-bond acceptors (Lipinski definition) is 18. The van der Waals surface area contributed by atoms with Gasteiger partial charge in [-0.15, -0.1) is 14.6 Å². The highest BCUT2D eigenvalue weighted by molar-refractivity contribution is 7.94. The summed E-state index contributed by atoms with van der Waals surface area (Å²) in [5, 5.41) is 79.3. The van der Waals surface area contributed by atoms with Crippen molar-refractivity contribution in [2.45, 2.75) is 22.8 Å². The van der Waals surface area contributed by atoms with Crippen LogP contribution in [0.1, 0.15) is 15.9 Å². The zero-order valence-electron chi connectivity index (χ0n) is 24.7. The molecule has 0 amide bonds. The van der Waals surface area contributed by atoms with Gasteiger partial charge in [0, 0.05) is 17.5 Å². The molecule has 0 aliphatic carbocycles. The van der Waals surface area contributed by atoms with Crippen LogP contribution < -0.4 is 10.5 Å². The summed E-state index contributed by atoms with van der Waals surface area (Å²) in [4.78, 5) is 21.1. The molecule has 0 aliphatic rings. The number of carboxylic acid groups (broad SMARTS) is 1. The van der Waals surface area contributed by atoms with E-state index in [0.29, 0.717) is 17.6 Å². The molecule has 4 aromatic rings. The minimum atomic E-state index is -4.74. The first-order valence-electron chi connectivity index (χ1n) is 13.3. The quantitative estimate of drug-likeness (QED) is 0.0166. The van der Waals surface area contributed by atoms with Gasteiger partial charge in [-0.1, -0.05) is 5.04 Å². The Morgan fingerprint density at radius 3 is 2.43 bits per heavy atom. The lowest BCUT2D eigenvalue weighted by Crippen LogP contribution is -2.21. The van der Waals surface area contributed by atoms with E-state index in [1.807, 2.05) is 0 Å². The standard InChI is InChI=1S/C27H24N6O14S2/c1-12-4-20(31-32-25-23(48-47-46-41)5-13-6-24(49(42,43)44)18(28)8-16(13)26(25)36)22(45-11-15(35)10-34)9-19(12)30-29-14-2-3-21(33(39)40)17(7-14)27(37)38/h2-9,15,34-36,41H,10-11,28H2,1H3,(H,37,38)(H,42,43,44)/b30-29+,32-31+. The number of benzene rings is 4. The number of carboxylic acids is 1. The monoisotopic (exact) mass is 720 g/mol. The number of aromatic carboxylic acids is 1. The molecule has 1 unspecified atom stereocenters. The zero-order chi connectivity index (χ0) is 36.0. The van der Waals surface area contributed by atoms with Crippen molar-refractivity contribution in [3.8, 4) is 11.5 Å². The molecule has 49 heavy (non-hydrogen) atoms. The fraction of sp³-hybridized carbons (Fsp3) is 0.148. The van der Waals surface area contributed by atoms with Gasteiger partial charge in [-0.2, -0.15) is 18.6 Å². The summed E-state index contributed by atoms with van der Waals surface area (Å²) in [6.45, 7) is 0.500. The van der Waals surface area contributed by atoms with Gasteiger partial charge < -0.3 is 30.9 Å². The predicted molar refractivity (Wildman–Crippen MR) is 169 cm³/mol. The number of aryl methyl sites for hydroxylation is 1. The number of rotatable bonds is 14. The second-order valence-electron chi connectivity index (χ2n) is 9.80. The number of nitrogen functional groups attached to an aromatic ring is 1. The van der Waals surface area contributed by atoms with E-state index >= 15 is 0 Å². The Hall–Kier alpha value is -5.33. The molecule has 0 spiro atoms. The van der Waals surface area contributed by atoms with Crippen LogP contribution in [-0.4, -0.2) is 68.9 Å². The maximum absolute atomic E-state index is 11.7. The van der Waals surface area contributed by atoms with E-state index < -0.39 is 67.9 Å². The summed E-state index contributed by atoms with van der Waals surface area (Å²) in [6, 6.07) is 9.16. The normalized spacial score (nSPS) is 12.6. The van der Waals surface area contributed by atoms with E-state index in [2.05, 4.69) is 29.8 Å². The molecule has 4 rings (SSSR count). The van der Waals surface area contributed by atoms with E-state index in [9.17, 15) is 48.3 Å². The lowest BCUT2D eigenvalue weighted by atomic mass is 10.1. The van der Waals surface area contributed by atoms with Crippen LogP contribution in [0.4, 0.5) is 34.1 Å². The van der Waals surface area contributed by atoms with Crippen molar-refractivity contribution in [3.05, 3.63) is 69.8 Å². The van der Waals surface area contributed by atoms with Gasteiger partial charge in [-0.3, -0.25) is 14.7 Å². The van der Waals surface area contributed by atoms with Crippen molar-refractivity contribution in [2.75, 3.05) is 18.9 Å². The Morgan fingerprint density at radius 1 is 1.08 bits per heavy atom. The topological polar surface area (TPSA) is 319 Å². The first-order chi connectivity index (χ1) is 23.1. The second kappa shape index (κ2) is 15.3. The van der Waals surface area contributed by atoms with Gasteiger partial charge in [0.1, 0.15) is 40.3 Å². The number of aliphatic hydroxyl groups is 2. The first kappa shape index (κ1) is 36.5. The summed E-state index contributed by atoms with van der Waals surface area (Å²) in [5.74, 6) is -2.20. The molecule has 0 aromatic heterocycles. The molecule has 0 heterocycles. The maximum Gasteiger partial charge on any atom is 0.342 e. The third-order valence-corrected chi connectivity index (χ3v) is 8.00. The number of nitrogens with zero attached hydrogens (tertiary/aromatic N) is 5. The van der Waals surface area contributed by atoms with Gasteiger partial charge >= 0.3 is 5.97 Å². The van der Waals surface area contributed by atoms with Crippen LogP contribution in [0.3, 0.4) is 0 Å². The summed E-state index contributed by atoms with van der Waals surface area (Å²) in [7, 11) is -4.74. The van der Waals surface area contributed by atoms with Crippen molar-refractivity contribution in [1.29, 1.82) is 0 Å². The van der Waals surface area contributed by atoms with E-state index in [4.69, 9.17) is 15.7 Å². The second-order valence-corrected chi connectivity index (χ2v) is 11.9. The number of fused-ring (bicyclic) bond motifs is 1. The van der Waals surface area contributed by atoms with Gasteiger partial charge in [0.05, 0.1) is 45.5 Å². The summed E-state index contributed by atoms with van der Waals surface area (Å²) in [6.07, 6.45) is -1.31. The fourth-order valence-corrected chi connectivity index (χ4v) is 5.29. The Balaban J connectivity index is 1.81. The van der Waals surface area contributed by atoms with Gasteiger partial charge in [-0.05, 0) is 54.3 Å². The number of aliphatic hydroxyl groups excluding tert-OH is 2. The number of nitrogens with two attached hydrogens (primary N) is 1. The Kier molecular flexibility index (Phi) is 11.4. The van der Waals surface area contributed by atoms with Crippen molar-refractivity contribution >= 4 is 73.0 Å². The molecule has 1 atom stereocenters. The van der Waals surface area contributed by atoms with Crippen LogP contribution in [0.15, 0.2) is 78.8 Å². The van der Waals surface area contributed by atoms with Gasteiger partial charge in [0.2, 0.25) is 0 Å². The number of ether oxygens (including phenoxy) is 1. The minimum Gasteiger partial charge on any atom is -0.505 e. The molecule has 0 aliphatic heterocycles. The number of hydrogen-bond donors (Lipinski definition) is 7. The summed E-state index contributed by atoms with van der Waals surface area (Å²) < 4.78 is 43.1. The Bertz CT molecular complexity index is 2110. The molecule has 0 saturated carbocycles. The molecular weight excluding hydrogens is 696 g/mol. The van der Waals surface area contributed by atoms with Crippen molar-refractivity contribution < 1.29 is 62.5 Å². The number of nitro groups is 1. The molecule has 0 bridgehead atoms. The number of phenolic OH excluding ortho intramolecular Hbond substituents is 1. The fourth-order valence-electron chi connectivity index (χ4n) is 4.16. The first-order valence-corrected chi connectivity index (χ1v) is 15.5. The van der Waals surface area contributed by atoms with E-state index in [0.717, 1.165) is 24.3 Å². The average Bonchev–Trinajstić information content (AvgIpc) is 3.05. The lowest BCUT2D eigenvalue weighted by Gasteiger charge is -2.14. The lowest BCUT2D eigenvalue weighted by molar-refractivity contribution is -0.432. The minimum absolute atomic E-state index is 0.0129. The van der Waals surface area contributed by atoms with E-state index in [1.54, 1.807) is 6.92 Å². The third-order valence-electron chi connectivity index (χ3n) is 6.47. The maximum atomic E-state index is 11.7. The number of phenols is 1. The highest BCUT2D eigenvalue weighted by Crippen LogP contribution is 2.46. The number of aromatic hydroxyl groups is 1. The highest BCUT2D eigenvalue weighted by Gasteiger charge is 2.22. The van der Waals surface area contributed by atoms with Crippen molar-refractivity contribution in [2.24, 2.45) is 20.5 Å². The van der Waals surface area contributed by atoms with Gasteiger partial charge in [-0.25, -0.2) is 10.1 Å². The molecular formula is C27H24N6O14S2. The molecule has 8 N–H and O–H groups in total. The van der Waals surface area contributed by atoms with E-state index in [1.165, 1.54) is 24.3 Å². The van der Waals surface area contributed by atoms with Crippen molar-refractivity contribution in [1.82, 2.24) is 0 Å². The van der Waals surface area contributed by atoms with Crippen LogP contribution in [0.5, 0.6) is 11.5 Å². The SMILES string of the molecule is Cc1cc(/N=N/c2c(SOOO)cc3cc(S(=O)(=O)O)c(N)cc3c2O)c(OCC(O)CO)cc1/N=N/c1ccc([N+](=O)[O-])c(C(=O)O)c1. The summed E-state index contributed by atoms with van der Waals surface area (Å²) >= 11 is 0.343. The van der Waals surface area contributed by atoms with Crippen LogP contribution >= 0.6 is 12.0 Å².